The molecular weight excluding hydrogens is 372 g/mol. The van der Waals surface area contributed by atoms with E-state index >= 15 is 0 Å². The highest BCUT2D eigenvalue weighted by molar-refractivity contribution is 7.98. The summed E-state index contributed by atoms with van der Waals surface area (Å²) in [5, 5.41) is 14.3. The van der Waals surface area contributed by atoms with Crippen LogP contribution in [0, 0.1) is 25.2 Å². The van der Waals surface area contributed by atoms with Gasteiger partial charge in [-0.15, -0.1) is 11.3 Å². The monoisotopic (exact) mass is 390 g/mol. The fourth-order valence-electron chi connectivity index (χ4n) is 2.26. The quantitative estimate of drug-likeness (QED) is 0.440. The summed E-state index contributed by atoms with van der Waals surface area (Å²) in [6.07, 6.45) is 2.50. The van der Waals surface area contributed by atoms with Crippen LogP contribution < -0.4 is 5.32 Å². The predicted octanol–water partition coefficient (Wildman–Crippen LogP) is 2.86. The van der Waals surface area contributed by atoms with Gasteiger partial charge in [-0.25, -0.2) is 9.97 Å². The van der Waals surface area contributed by atoms with Crippen LogP contribution in [0.15, 0.2) is 16.6 Å². The maximum absolute atomic E-state index is 11.9. The van der Waals surface area contributed by atoms with Crippen molar-refractivity contribution in [1.29, 1.82) is 5.26 Å². The maximum atomic E-state index is 11.9. The average molecular weight is 390 g/mol. The number of thiophene rings is 1. The lowest BCUT2D eigenvalue weighted by molar-refractivity contribution is -0.147. The number of hydrogen-bond donors (Lipinski definition) is 1. The Labute approximate surface area is 159 Å². The summed E-state index contributed by atoms with van der Waals surface area (Å²) in [6, 6.07) is 3.59. The standard InChI is InChI=1S/C17H18N4O3S2/c1-10-13(11(2)20-17(19-10)25-3)4-5-15(23)24-9-14(22)21-16-12(8-18)6-7-26-16/h6-7H,4-5,9H2,1-3H3,(H,21,22). The van der Waals surface area contributed by atoms with Crippen molar-refractivity contribution in [2.24, 2.45) is 0 Å². The number of nitrogens with one attached hydrogen (secondary N) is 1. The lowest BCUT2D eigenvalue weighted by atomic mass is 10.1. The van der Waals surface area contributed by atoms with E-state index in [1.54, 1.807) is 11.4 Å². The molecule has 0 unspecified atom stereocenters. The van der Waals surface area contributed by atoms with Gasteiger partial charge in [-0.2, -0.15) is 5.26 Å². The Bertz CT molecular complexity index is 835. The Kier molecular flexibility index (Phi) is 7.12. The minimum atomic E-state index is -0.475. The van der Waals surface area contributed by atoms with Crippen LogP contribution in [0.3, 0.4) is 0 Å². The van der Waals surface area contributed by atoms with Gasteiger partial charge in [0, 0.05) is 17.8 Å². The minimum absolute atomic E-state index is 0.138. The molecule has 1 N–H and O–H groups in total. The topological polar surface area (TPSA) is 105 Å². The second-order valence-corrected chi connectivity index (χ2v) is 7.03. The number of aromatic nitrogens is 2. The van der Waals surface area contributed by atoms with Crippen molar-refractivity contribution in [1.82, 2.24) is 9.97 Å². The molecular formula is C17H18N4O3S2. The number of thioether (sulfide) groups is 1. The molecule has 26 heavy (non-hydrogen) atoms. The third-order valence-corrected chi connectivity index (χ3v) is 4.94. The number of anilines is 1. The SMILES string of the molecule is CSc1nc(C)c(CCC(=O)OCC(=O)Nc2sccc2C#N)c(C)n1. The van der Waals surface area contributed by atoms with Crippen LogP contribution in [0.4, 0.5) is 5.00 Å². The zero-order chi connectivity index (χ0) is 19.1. The minimum Gasteiger partial charge on any atom is -0.456 e. The van der Waals surface area contributed by atoms with E-state index in [1.165, 1.54) is 23.1 Å². The van der Waals surface area contributed by atoms with Gasteiger partial charge >= 0.3 is 5.97 Å². The molecule has 0 fully saturated rings. The van der Waals surface area contributed by atoms with E-state index in [4.69, 9.17) is 10.00 Å². The predicted molar refractivity (Wildman–Crippen MR) is 100 cm³/mol. The first-order chi connectivity index (χ1) is 12.4. The zero-order valence-electron chi connectivity index (χ0n) is 14.7. The molecule has 2 aromatic rings. The van der Waals surface area contributed by atoms with Crippen molar-refractivity contribution in [3.8, 4) is 6.07 Å². The van der Waals surface area contributed by atoms with Crippen LogP contribution >= 0.6 is 23.1 Å². The highest BCUT2D eigenvalue weighted by Crippen LogP contribution is 2.22. The van der Waals surface area contributed by atoms with Gasteiger partial charge in [0.15, 0.2) is 11.8 Å². The van der Waals surface area contributed by atoms with E-state index < -0.39 is 11.9 Å². The number of rotatable bonds is 7. The number of carbonyl (C=O) groups is 2. The molecule has 2 aromatic heterocycles. The van der Waals surface area contributed by atoms with E-state index in [0.717, 1.165) is 17.0 Å². The molecule has 0 bridgehead atoms. The Morgan fingerprint density at radius 1 is 1.35 bits per heavy atom. The molecule has 1 amide bonds. The Balaban J connectivity index is 1.82. The molecule has 0 aliphatic rings. The molecule has 0 radical (unpaired) electrons. The fourth-order valence-corrected chi connectivity index (χ4v) is 3.47. The van der Waals surface area contributed by atoms with Gasteiger partial charge in [0.1, 0.15) is 11.1 Å². The molecule has 9 heteroatoms. The number of nitriles is 1. The first-order valence-electron chi connectivity index (χ1n) is 7.75. The number of nitrogens with zero attached hydrogens (tertiary/aromatic N) is 3. The van der Waals surface area contributed by atoms with Crippen molar-refractivity contribution in [3.05, 3.63) is 34.0 Å². The van der Waals surface area contributed by atoms with E-state index in [-0.39, 0.29) is 13.0 Å². The third kappa shape index (κ3) is 5.28. The third-order valence-electron chi connectivity index (χ3n) is 3.56. The first kappa shape index (κ1) is 19.9. The Morgan fingerprint density at radius 3 is 2.65 bits per heavy atom. The molecule has 0 atom stereocenters. The molecule has 0 aliphatic carbocycles. The van der Waals surface area contributed by atoms with Crippen molar-refractivity contribution < 1.29 is 14.3 Å². The van der Waals surface area contributed by atoms with Gasteiger partial charge < -0.3 is 10.1 Å². The molecule has 0 aromatic carbocycles. The molecule has 0 aliphatic heterocycles. The van der Waals surface area contributed by atoms with Crippen LogP contribution in [0.1, 0.15) is 28.9 Å². The Morgan fingerprint density at radius 2 is 2.04 bits per heavy atom. The summed E-state index contributed by atoms with van der Waals surface area (Å²) in [6.45, 7) is 3.38. The number of ether oxygens (including phenoxy) is 1. The van der Waals surface area contributed by atoms with E-state index in [0.29, 0.717) is 22.1 Å². The summed E-state index contributed by atoms with van der Waals surface area (Å²) < 4.78 is 5.00. The Hall–Kier alpha value is -2.44. The second-order valence-electron chi connectivity index (χ2n) is 5.34. The number of hydrogen-bond acceptors (Lipinski definition) is 8. The highest BCUT2D eigenvalue weighted by Gasteiger charge is 2.13. The van der Waals surface area contributed by atoms with Crippen molar-refractivity contribution in [3.63, 3.8) is 0 Å². The first-order valence-corrected chi connectivity index (χ1v) is 9.86. The summed E-state index contributed by atoms with van der Waals surface area (Å²) in [7, 11) is 0. The van der Waals surface area contributed by atoms with E-state index in [9.17, 15) is 9.59 Å². The number of esters is 1. The van der Waals surface area contributed by atoms with Crippen LogP contribution in [-0.2, 0) is 20.7 Å². The lowest BCUT2D eigenvalue weighted by Crippen LogP contribution is -2.21. The summed E-state index contributed by atoms with van der Waals surface area (Å²) >= 11 is 2.71. The second kappa shape index (κ2) is 9.31. The zero-order valence-corrected chi connectivity index (χ0v) is 16.3. The molecule has 2 heterocycles. The fraction of sp³-hybridized carbons (Fsp3) is 0.353. The van der Waals surface area contributed by atoms with Crippen molar-refractivity contribution >= 4 is 40.0 Å². The van der Waals surface area contributed by atoms with Gasteiger partial charge in [0.05, 0.1) is 5.56 Å². The normalized spacial score (nSPS) is 10.2. The molecule has 7 nitrogen and oxygen atoms in total. The summed E-state index contributed by atoms with van der Waals surface area (Å²) in [5.41, 5.74) is 2.99. The highest BCUT2D eigenvalue weighted by atomic mass is 32.2. The number of amides is 1. The lowest BCUT2D eigenvalue weighted by Gasteiger charge is -2.10. The maximum Gasteiger partial charge on any atom is 0.306 e. The van der Waals surface area contributed by atoms with E-state index in [1.807, 2.05) is 26.2 Å². The van der Waals surface area contributed by atoms with Crippen LogP contribution in [-0.4, -0.2) is 34.7 Å². The molecule has 136 valence electrons. The molecule has 0 spiro atoms. The molecule has 2 rings (SSSR count). The van der Waals surface area contributed by atoms with Gasteiger partial charge in [-0.05, 0) is 43.5 Å². The van der Waals surface area contributed by atoms with E-state index in [2.05, 4.69) is 15.3 Å². The van der Waals surface area contributed by atoms with Crippen LogP contribution in [0.5, 0.6) is 0 Å². The summed E-state index contributed by atoms with van der Waals surface area (Å²) in [5.74, 6) is -0.947. The largest absolute Gasteiger partial charge is 0.456 e. The molecule has 0 saturated heterocycles. The number of aryl methyl sites for hydroxylation is 2. The molecule has 0 saturated carbocycles. The smallest absolute Gasteiger partial charge is 0.306 e. The van der Waals surface area contributed by atoms with Gasteiger partial charge in [-0.1, -0.05) is 11.8 Å². The van der Waals surface area contributed by atoms with Gasteiger partial charge in [0.25, 0.3) is 5.91 Å². The number of carbonyl (C=O) groups excluding carboxylic acids is 2. The van der Waals surface area contributed by atoms with Crippen molar-refractivity contribution in [2.45, 2.75) is 31.8 Å². The van der Waals surface area contributed by atoms with Crippen LogP contribution in [0.2, 0.25) is 0 Å². The van der Waals surface area contributed by atoms with Gasteiger partial charge in [0.2, 0.25) is 0 Å². The summed E-state index contributed by atoms with van der Waals surface area (Å²) in [4.78, 5) is 32.5. The van der Waals surface area contributed by atoms with Crippen molar-refractivity contribution in [2.75, 3.05) is 18.2 Å². The van der Waals surface area contributed by atoms with Gasteiger partial charge in [-0.3, -0.25) is 9.59 Å². The average Bonchev–Trinajstić information content (AvgIpc) is 3.06. The van der Waals surface area contributed by atoms with Crippen LogP contribution in [0.25, 0.3) is 0 Å².